The summed E-state index contributed by atoms with van der Waals surface area (Å²) in [5.74, 6) is 0. The predicted molar refractivity (Wildman–Crippen MR) is 44.1 cm³/mol. The Labute approximate surface area is 62.1 Å². The van der Waals surface area contributed by atoms with Gasteiger partial charge < -0.3 is 5.32 Å². The maximum atomic E-state index is 3.00. The first-order valence-electron chi connectivity index (χ1n) is 3.56. The van der Waals surface area contributed by atoms with Crippen molar-refractivity contribution in [2.45, 2.75) is 13.3 Å². The van der Waals surface area contributed by atoms with Crippen LogP contribution in [0.25, 0.3) is 0 Å². The summed E-state index contributed by atoms with van der Waals surface area (Å²) in [5.41, 5.74) is 1.27. The zero-order chi connectivity index (χ0) is 7.23. The van der Waals surface area contributed by atoms with Gasteiger partial charge in [0.05, 0.1) is 0 Å². The average Bonchev–Trinajstić information content (AvgIpc) is 2.17. The molecule has 1 heteroatoms. The molecule has 10 heavy (non-hydrogen) atoms. The van der Waals surface area contributed by atoms with E-state index in [-0.39, 0.29) is 0 Å². The van der Waals surface area contributed by atoms with Gasteiger partial charge in [0.1, 0.15) is 0 Å². The molecule has 1 nitrogen and oxygen atoms in total. The SMILES string of the molecule is CC[CH]C1=CC=CNC=C1. The average molecular weight is 134 g/mol. The Hall–Kier alpha value is -0.980. The van der Waals surface area contributed by atoms with Crippen LogP contribution in [0, 0.1) is 6.42 Å². The Balaban J connectivity index is 2.55. The summed E-state index contributed by atoms with van der Waals surface area (Å²) >= 11 is 0. The lowest BCUT2D eigenvalue weighted by Gasteiger charge is -1.93. The minimum Gasteiger partial charge on any atom is -0.368 e. The number of nitrogens with one attached hydrogen (secondary N) is 1. The van der Waals surface area contributed by atoms with Crippen molar-refractivity contribution in [2.24, 2.45) is 0 Å². The molecule has 0 aromatic carbocycles. The molecule has 1 rings (SSSR count). The van der Waals surface area contributed by atoms with Crippen LogP contribution in [-0.2, 0) is 0 Å². The van der Waals surface area contributed by atoms with E-state index in [0.717, 1.165) is 6.42 Å². The highest BCUT2D eigenvalue weighted by Crippen LogP contribution is 2.05. The van der Waals surface area contributed by atoms with Gasteiger partial charge in [-0.15, -0.1) is 0 Å². The Kier molecular flexibility index (Phi) is 2.81. The molecule has 1 heterocycles. The Morgan fingerprint density at radius 3 is 3.20 bits per heavy atom. The number of hydrogen-bond donors (Lipinski definition) is 1. The number of hydrogen-bond acceptors (Lipinski definition) is 1. The quantitative estimate of drug-likeness (QED) is 0.610. The second kappa shape index (κ2) is 3.94. The van der Waals surface area contributed by atoms with Crippen molar-refractivity contribution in [2.75, 3.05) is 0 Å². The van der Waals surface area contributed by atoms with Crippen LogP contribution in [0.15, 0.2) is 36.2 Å². The van der Waals surface area contributed by atoms with Gasteiger partial charge in [-0.25, -0.2) is 0 Å². The lowest BCUT2D eigenvalue weighted by atomic mass is 10.1. The van der Waals surface area contributed by atoms with E-state index in [1.54, 1.807) is 0 Å². The number of rotatable bonds is 2. The molecule has 0 amide bonds. The summed E-state index contributed by atoms with van der Waals surface area (Å²) in [5, 5.41) is 3.00. The molecule has 0 bridgehead atoms. The van der Waals surface area contributed by atoms with Crippen LogP contribution in [0.4, 0.5) is 0 Å². The first-order chi connectivity index (χ1) is 4.93. The van der Waals surface area contributed by atoms with E-state index in [1.807, 2.05) is 18.5 Å². The molecule has 0 saturated carbocycles. The highest BCUT2D eigenvalue weighted by atomic mass is 14.8. The molecule has 0 saturated heterocycles. The fourth-order valence-corrected chi connectivity index (χ4v) is 0.842. The van der Waals surface area contributed by atoms with Gasteiger partial charge in [-0.1, -0.05) is 13.0 Å². The zero-order valence-electron chi connectivity index (χ0n) is 6.17. The fraction of sp³-hybridized carbons (Fsp3) is 0.222. The third-order valence-electron chi connectivity index (χ3n) is 1.29. The maximum Gasteiger partial charge on any atom is 0.000728 e. The second-order valence-corrected chi connectivity index (χ2v) is 2.14. The maximum absolute atomic E-state index is 3.00. The van der Waals surface area contributed by atoms with Crippen molar-refractivity contribution < 1.29 is 0 Å². The van der Waals surface area contributed by atoms with E-state index >= 15 is 0 Å². The van der Waals surface area contributed by atoms with Crippen LogP contribution in [0.3, 0.4) is 0 Å². The van der Waals surface area contributed by atoms with Crippen LogP contribution in [0.2, 0.25) is 0 Å². The van der Waals surface area contributed by atoms with Crippen LogP contribution in [-0.4, -0.2) is 0 Å². The van der Waals surface area contributed by atoms with Crippen molar-refractivity contribution in [3.8, 4) is 0 Å². The van der Waals surface area contributed by atoms with E-state index in [0.29, 0.717) is 0 Å². The summed E-state index contributed by atoms with van der Waals surface area (Å²) in [7, 11) is 0. The fourth-order valence-electron chi connectivity index (χ4n) is 0.842. The molecule has 0 unspecified atom stereocenters. The van der Waals surface area contributed by atoms with Crippen molar-refractivity contribution in [1.29, 1.82) is 0 Å². The normalized spacial score (nSPS) is 15.9. The molecule has 1 aliphatic heterocycles. The monoisotopic (exact) mass is 134 g/mol. The molecule has 1 radical (unpaired) electrons. The molecule has 0 aromatic rings. The van der Waals surface area contributed by atoms with Gasteiger partial charge in [0.2, 0.25) is 0 Å². The molecule has 0 atom stereocenters. The second-order valence-electron chi connectivity index (χ2n) is 2.14. The molecular formula is C9H12N. The third kappa shape index (κ3) is 2.09. The summed E-state index contributed by atoms with van der Waals surface area (Å²) in [6.07, 6.45) is 13.3. The highest BCUT2D eigenvalue weighted by molar-refractivity contribution is 5.32. The molecule has 1 aliphatic rings. The Morgan fingerprint density at radius 2 is 2.40 bits per heavy atom. The van der Waals surface area contributed by atoms with Crippen LogP contribution in [0.1, 0.15) is 13.3 Å². The van der Waals surface area contributed by atoms with Crippen molar-refractivity contribution >= 4 is 0 Å². The molecule has 53 valence electrons. The van der Waals surface area contributed by atoms with E-state index in [2.05, 4.69) is 30.8 Å². The largest absolute Gasteiger partial charge is 0.368 e. The van der Waals surface area contributed by atoms with Crippen LogP contribution >= 0.6 is 0 Å². The molecule has 0 aromatic heterocycles. The summed E-state index contributed by atoms with van der Waals surface area (Å²) in [4.78, 5) is 0. The van der Waals surface area contributed by atoms with E-state index in [4.69, 9.17) is 0 Å². The number of allylic oxidation sites excluding steroid dienone is 4. The van der Waals surface area contributed by atoms with Crippen LogP contribution in [0.5, 0.6) is 0 Å². The van der Waals surface area contributed by atoms with Crippen molar-refractivity contribution in [1.82, 2.24) is 5.32 Å². The van der Waals surface area contributed by atoms with Gasteiger partial charge in [0.25, 0.3) is 0 Å². The van der Waals surface area contributed by atoms with E-state index in [1.165, 1.54) is 5.57 Å². The summed E-state index contributed by atoms with van der Waals surface area (Å²) < 4.78 is 0. The van der Waals surface area contributed by atoms with E-state index < -0.39 is 0 Å². The first kappa shape index (κ1) is 7.13. The lowest BCUT2D eigenvalue weighted by Crippen LogP contribution is -1.88. The molecular weight excluding hydrogens is 122 g/mol. The van der Waals surface area contributed by atoms with Crippen molar-refractivity contribution in [3.05, 3.63) is 42.6 Å². The van der Waals surface area contributed by atoms with Gasteiger partial charge in [-0.2, -0.15) is 0 Å². The highest BCUT2D eigenvalue weighted by Gasteiger charge is 1.89. The van der Waals surface area contributed by atoms with Gasteiger partial charge in [0, 0.05) is 12.4 Å². The van der Waals surface area contributed by atoms with Gasteiger partial charge >= 0.3 is 0 Å². The molecule has 0 fully saturated rings. The topological polar surface area (TPSA) is 12.0 Å². The zero-order valence-corrected chi connectivity index (χ0v) is 6.17. The first-order valence-corrected chi connectivity index (χ1v) is 3.56. The van der Waals surface area contributed by atoms with Gasteiger partial charge in [0.15, 0.2) is 0 Å². The van der Waals surface area contributed by atoms with Crippen LogP contribution < -0.4 is 5.32 Å². The van der Waals surface area contributed by atoms with Gasteiger partial charge in [-0.05, 0) is 30.6 Å². The summed E-state index contributed by atoms with van der Waals surface area (Å²) in [6.45, 7) is 2.14. The van der Waals surface area contributed by atoms with Gasteiger partial charge in [-0.3, -0.25) is 0 Å². The minimum atomic E-state index is 1.09. The van der Waals surface area contributed by atoms with Crippen molar-refractivity contribution in [3.63, 3.8) is 0 Å². The summed E-state index contributed by atoms with van der Waals surface area (Å²) in [6, 6.07) is 0. The Bertz CT molecular complexity index is 175. The lowest BCUT2D eigenvalue weighted by molar-refractivity contribution is 1.12. The Morgan fingerprint density at radius 1 is 1.50 bits per heavy atom. The molecule has 0 spiro atoms. The predicted octanol–water partition coefficient (Wildman–Crippen LogP) is 2.16. The van der Waals surface area contributed by atoms with E-state index in [9.17, 15) is 0 Å². The minimum absolute atomic E-state index is 1.09. The smallest absolute Gasteiger partial charge is 0.000728 e. The standard InChI is InChI=1S/C9H12N/c1-2-4-9-5-3-7-10-8-6-9/h3-8,10H,2H2,1H3. The molecule has 0 aliphatic carbocycles. The molecule has 1 N–H and O–H groups in total. The third-order valence-corrected chi connectivity index (χ3v) is 1.29.